The zero-order chi connectivity index (χ0) is 22.5. The molecule has 1 saturated heterocycles. The van der Waals surface area contributed by atoms with Crippen LogP contribution in [0, 0.1) is 5.82 Å². The molecule has 0 bridgehead atoms. The van der Waals surface area contributed by atoms with E-state index in [-0.39, 0.29) is 23.4 Å². The van der Waals surface area contributed by atoms with E-state index in [0.717, 1.165) is 0 Å². The second-order valence-electron chi connectivity index (χ2n) is 6.93. The molecule has 8 heteroatoms. The van der Waals surface area contributed by atoms with E-state index in [4.69, 9.17) is 14.2 Å². The summed E-state index contributed by atoms with van der Waals surface area (Å²) in [6.45, 7) is 0.618. The summed E-state index contributed by atoms with van der Waals surface area (Å²) in [5.41, 5.74) is 0.617. The number of carbonyl (C=O) groups excluding carboxylic acids is 2. The maximum atomic E-state index is 13.4. The topological polar surface area (TPSA) is 85.3 Å². The van der Waals surface area contributed by atoms with Crippen molar-refractivity contribution >= 4 is 17.4 Å². The summed E-state index contributed by atoms with van der Waals surface area (Å²) in [6.07, 6.45) is 0.489. The number of ether oxygens (including phenoxy) is 3. The van der Waals surface area contributed by atoms with Gasteiger partial charge in [0.1, 0.15) is 11.6 Å². The number of Topliss-reactive ketones (excluding diaryl/α,β-unsaturated/α-hetero) is 1. The van der Waals surface area contributed by atoms with Gasteiger partial charge in [0.05, 0.1) is 25.8 Å². The monoisotopic (exact) mass is 429 g/mol. The Kier molecular flexibility index (Phi) is 6.91. The van der Waals surface area contributed by atoms with E-state index in [1.165, 1.54) is 43.4 Å². The molecule has 1 aliphatic heterocycles. The Morgan fingerprint density at radius 2 is 1.77 bits per heavy atom. The predicted molar refractivity (Wildman–Crippen MR) is 111 cm³/mol. The minimum absolute atomic E-state index is 0.0967. The molecule has 2 aromatic carbocycles. The highest BCUT2D eigenvalue weighted by Gasteiger charge is 2.47. The second kappa shape index (κ2) is 9.61. The number of benzene rings is 2. The smallest absolute Gasteiger partial charge is 0.295 e. The summed E-state index contributed by atoms with van der Waals surface area (Å²) in [5, 5.41) is 11.0. The number of ketones is 1. The number of hydrogen-bond donors (Lipinski definition) is 1. The van der Waals surface area contributed by atoms with E-state index in [1.807, 2.05) is 0 Å². The third-order valence-electron chi connectivity index (χ3n) is 5.13. The summed E-state index contributed by atoms with van der Waals surface area (Å²) in [4.78, 5) is 27.3. The summed E-state index contributed by atoms with van der Waals surface area (Å²) < 4.78 is 29.3. The van der Waals surface area contributed by atoms with E-state index < -0.39 is 23.5 Å². The van der Waals surface area contributed by atoms with E-state index in [1.54, 1.807) is 25.3 Å². The van der Waals surface area contributed by atoms with E-state index in [9.17, 15) is 19.1 Å². The summed E-state index contributed by atoms with van der Waals surface area (Å²) in [7, 11) is 4.49. The number of aliphatic hydroxyl groups is 1. The molecule has 0 radical (unpaired) electrons. The number of carbonyl (C=O) groups is 2. The van der Waals surface area contributed by atoms with Crippen molar-refractivity contribution in [1.29, 1.82) is 0 Å². The van der Waals surface area contributed by atoms with Crippen LogP contribution in [-0.4, -0.2) is 56.2 Å². The van der Waals surface area contributed by atoms with Gasteiger partial charge in [-0.25, -0.2) is 4.39 Å². The molecule has 0 aliphatic carbocycles. The Morgan fingerprint density at radius 1 is 1.06 bits per heavy atom. The zero-order valence-electron chi connectivity index (χ0n) is 17.6. The van der Waals surface area contributed by atoms with Crippen molar-refractivity contribution in [2.75, 3.05) is 34.5 Å². The number of halogens is 1. The normalized spacial score (nSPS) is 17.8. The Hall–Kier alpha value is -3.39. The molecule has 3 rings (SSSR count). The standard InChI is InChI=1S/C23H24FNO6/c1-29-13-5-12-25-19(16-6-4-7-17(30-2)22(16)31-3)18(21(27)23(25)28)20(26)14-8-10-15(24)11-9-14/h4,6-11,19,26H,5,12-13H2,1-3H3/b20-18+. The first-order valence-corrected chi connectivity index (χ1v) is 9.68. The molecular formula is C23H24FNO6. The van der Waals surface area contributed by atoms with Gasteiger partial charge in [0, 0.05) is 31.4 Å². The van der Waals surface area contributed by atoms with Gasteiger partial charge in [-0.05, 0) is 36.8 Å². The molecule has 164 valence electrons. The quantitative estimate of drug-likeness (QED) is 0.300. The lowest BCUT2D eigenvalue weighted by Crippen LogP contribution is -2.31. The minimum Gasteiger partial charge on any atom is -0.507 e. The van der Waals surface area contributed by atoms with Crippen LogP contribution in [0.25, 0.3) is 5.76 Å². The molecule has 31 heavy (non-hydrogen) atoms. The number of nitrogens with zero attached hydrogens (tertiary/aromatic N) is 1. The van der Waals surface area contributed by atoms with Gasteiger partial charge >= 0.3 is 0 Å². The van der Waals surface area contributed by atoms with Gasteiger partial charge in [0.15, 0.2) is 11.5 Å². The van der Waals surface area contributed by atoms with Gasteiger partial charge < -0.3 is 24.2 Å². The first-order valence-electron chi connectivity index (χ1n) is 9.68. The van der Waals surface area contributed by atoms with Crippen LogP contribution in [0.1, 0.15) is 23.6 Å². The third kappa shape index (κ3) is 4.25. The molecule has 1 amide bonds. The zero-order valence-corrected chi connectivity index (χ0v) is 17.6. The molecule has 1 atom stereocenters. The minimum atomic E-state index is -0.910. The first kappa shape index (κ1) is 22.3. The molecule has 0 saturated carbocycles. The fourth-order valence-corrected chi connectivity index (χ4v) is 3.70. The van der Waals surface area contributed by atoms with Gasteiger partial charge in [-0.2, -0.15) is 0 Å². The Bertz CT molecular complexity index is 1000. The summed E-state index contributed by atoms with van der Waals surface area (Å²) in [6, 6.07) is 9.25. The molecule has 7 nitrogen and oxygen atoms in total. The molecule has 1 unspecified atom stereocenters. The molecule has 2 aromatic rings. The number of aliphatic hydroxyl groups excluding tert-OH is 1. The molecular weight excluding hydrogens is 405 g/mol. The number of rotatable bonds is 8. The highest BCUT2D eigenvalue weighted by Crippen LogP contribution is 2.45. The molecule has 1 heterocycles. The van der Waals surface area contributed by atoms with Gasteiger partial charge in [-0.15, -0.1) is 0 Å². The number of likely N-dealkylation sites (tertiary alicyclic amines) is 1. The van der Waals surface area contributed by atoms with Crippen LogP contribution in [0.15, 0.2) is 48.0 Å². The largest absolute Gasteiger partial charge is 0.507 e. The summed E-state index contributed by atoms with van der Waals surface area (Å²) in [5.74, 6) is -1.67. The maximum Gasteiger partial charge on any atom is 0.295 e. The fraction of sp³-hybridized carbons (Fsp3) is 0.304. The molecule has 1 fully saturated rings. The van der Waals surface area contributed by atoms with Crippen LogP contribution in [0.3, 0.4) is 0 Å². The van der Waals surface area contributed by atoms with E-state index in [2.05, 4.69) is 0 Å². The highest BCUT2D eigenvalue weighted by molar-refractivity contribution is 6.46. The molecule has 0 spiro atoms. The number of methoxy groups -OCH3 is 3. The average Bonchev–Trinajstić information content (AvgIpc) is 3.03. The Balaban J connectivity index is 2.21. The van der Waals surface area contributed by atoms with Crippen molar-refractivity contribution < 1.29 is 33.3 Å². The second-order valence-corrected chi connectivity index (χ2v) is 6.93. The van der Waals surface area contributed by atoms with E-state index >= 15 is 0 Å². The van der Waals surface area contributed by atoms with Crippen molar-refractivity contribution in [1.82, 2.24) is 4.90 Å². The first-order chi connectivity index (χ1) is 14.9. The van der Waals surface area contributed by atoms with Crippen LogP contribution in [-0.2, 0) is 14.3 Å². The number of para-hydroxylation sites is 1. The van der Waals surface area contributed by atoms with E-state index in [0.29, 0.717) is 30.1 Å². The van der Waals surface area contributed by atoms with Gasteiger partial charge in [-0.3, -0.25) is 9.59 Å². The Morgan fingerprint density at radius 3 is 2.39 bits per heavy atom. The van der Waals surface area contributed by atoms with Crippen molar-refractivity contribution in [2.45, 2.75) is 12.5 Å². The average molecular weight is 429 g/mol. The van der Waals surface area contributed by atoms with Gasteiger partial charge in [0.2, 0.25) is 0 Å². The van der Waals surface area contributed by atoms with Gasteiger partial charge in [-0.1, -0.05) is 12.1 Å². The van der Waals surface area contributed by atoms with Crippen LogP contribution in [0.2, 0.25) is 0 Å². The SMILES string of the molecule is COCCCN1C(=O)C(=O)/C(=C(/O)c2ccc(F)cc2)C1c1cccc(OC)c1OC. The third-order valence-corrected chi connectivity index (χ3v) is 5.13. The molecule has 0 aromatic heterocycles. The predicted octanol–water partition coefficient (Wildman–Crippen LogP) is 3.30. The van der Waals surface area contributed by atoms with Crippen molar-refractivity contribution in [3.8, 4) is 11.5 Å². The van der Waals surface area contributed by atoms with Crippen LogP contribution >= 0.6 is 0 Å². The van der Waals surface area contributed by atoms with Crippen molar-refractivity contribution in [2.24, 2.45) is 0 Å². The Labute approximate surface area is 179 Å². The highest BCUT2D eigenvalue weighted by atomic mass is 19.1. The van der Waals surface area contributed by atoms with Crippen LogP contribution in [0.4, 0.5) is 4.39 Å². The lowest BCUT2D eigenvalue weighted by Gasteiger charge is -2.27. The number of amides is 1. The van der Waals surface area contributed by atoms with Crippen molar-refractivity contribution in [3.63, 3.8) is 0 Å². The summed E-state index contributed by atoms with van der Waals surface area (Å²) >= 11 is 0. The maximum absolute atomic E-state index is 13.4. The van der Waals surface area contributed by atoms with Gasteiger partial charge in [0.25, 0.3) is 11.7 Å². The lowest BCUT2D eigenvalue weighted by atomic mass is 9.94. The number of hydrogen-bond acceptors (Lipinski definition) is 6. The molecule has 1 N–H and O–H groups in total. The van der Waals surface area contributed by atoms with Crippen molar-refractivity contribution in [3.05, 3.63) is 65.0 Å². The fourth-order valence-electron chi connectivity index (χ4n) is 3.70. The lowest BCUT2D eigenvalue weighted by molar-refractivity contribution is -0.140. The molecule has 1 aliphatic rings. The van der Waals surface area contributed by atoms with Crippen LogP contribution < -0.4 is 9.47 Å². The van der Waals surface area contributed by atoms with Crippen LogP contribution in [0.5, 0.6) is 11.5 Å².